The Kier molecular flexibility index (Phi) is 4.88. The van der Waals surface area contributed by atoms with E-state index in [0.29, 0.717) is 37.6 Å². The molecular formula is C20H21ClN2O3. The summed E-state index contributed by atoms with van der Waals surface area (Å²) in [6.45, 7) is 2.84. The molecule has 0 saturated carbocycles. The summed E-state index contributed by atoms with van der Waals surface area (Å²) in [7, 11) is 0. The van der Waals surface area contributed by atoms with Gasteiger partial charge in [0.15, 0.2) is 5.78 Å². The summed E-state index contributed by atoms with van der Waals surface area (Å²) < 4.78 is 5.59. The van der Waals surface area contributed by atoms with Gasteiger partial charge in [0, 0.05) is 44.1 Å². The van der Waals surface area contributed by atoms with Gasteiger partial charge in [-0.1, -0.05) is 35.6 Å². The van der Waals surface area contributed by atoms with Crippen LogP contribution in [0.5, 0.6) is 0 Å². The molecule has 3 aliphatic heterocycles. The average molecular weight is 373 g/mol. The zero-order chi connectivity index (χ0) is 18.1. The predicted octanol–water partition coefficient (Wildman–Crippen LogP) is 2.42. The molecule has 3 fully saturated rings. The van der Waals surface area contributed by atoms with Gasteiger partial charge in [0.2, 0.25) is 0 Å². The fourth-order valence-corrected chi connectivity index (χ4v) is 4.00. The van der Waals surface area contributed by atoms with Crippen LogP contribution in [0.2, 0.25) is 5.02 Å². The van der Waals surface area contributed by atoms with Crippen LogP contribution in [0.25, 0.3) is 0 Å². The highest BCUT2D eigenvalue weighted by atomic mass is 35.5. The number of halogens is 1. The van der Waals surface area contributed by atoms with E-state index in [2.05, 4.69) is 11.8 Å². The third-order valence-electron chi connectivity index (χ3n) is 5.32. The van der Waals surface area contributed by atoms with Crippen molar-refractivity contribution in [3.63, 3.8) is 0 Å². The van der Waals surface area contributed by atoms with Gasteiger partial charge in [-0.2, -0.15) is 0 Å². The van der Waals surface area contributed by atoms with Gasteiger partial charge in [0.25, 0.3) is 0 Å². The van der Waals surface area contributed by atoms with E-state index in [1.807, 2.05) is 34.1 Å². The second kappa shape index (κ2) is 7.30. The maximum atomic E-state index is 12.7. The second-order valence-corrected chi connectivity index (χ2v) is 7.63. The van der Waals surface area contributed by atoms with Gasteiger partial charge in [0.05, 0.1) is 17.0 Å². The molecule has 1 aromatic rings. The standard InChI is InChI=1S/C20H21ClN2O3/c21-18-4-2-1-3-15(18)6-5-14-10-23(11-14)20(25)22-8-7-19-16(12-22)9-17(24)13-26-19/h1-4,14,16,19H,7-13H2/t16-,19+/m1/s1. The van der Waals surface area contributed by atoms with Crippen LogP contribution in [0.1, 0.15) is 18.4 Å². The molecule has 5 nitrogen and oxygen atoms in total. The molecule has 4 rings (SSSR count). The molecule has 0 bridgehead atoms. The Morgan fingerprint density at radius 3 is 2.81 bits per heavy atom. The van der Waals surface area contributed by atoms with Gasteiger partial charge in [-0.3, -0.25) is 4.79 Å². The van der Waals surface area contributed by atoms with Gasteiger partial charge in [0.1, 0.15) is 6.61 Å². The van der Waals surface area contributed by atoms with E-state index in [1.54, 1.807) is 0 Å². The van der Waals surface area contributed by atoms with E-state index in [1.165, 1.54) is 0 Å². The largest absolute Gasteiger partial charge is 0.370 e. The summed E-state index contributed by atoms with van der Waals surface area (Å²) in [4.78, 5) is 27.9. The lowest BCUT2D eigenvalue weighted by Crippen LogP contribution is -2.58. The van der Waals surface area contributed by atoms with Crippen LogP contribution in [0.15, 0.2) is 24.3 Å². The molecular weight excluding hydrogens is 352 g/mol. The Morgan fingerprint density at radius 1 is 1.19 bits per heavy atom. The molecule has 0 radical (unpaired) electrons. The Bertz CT molecular complexity index is 779. The van der Waals surface area contributed by atoms with Crippen LogP contribution in [-0.4, -0.2) is 60.5 Å². The minimum atomic E-state index is 0.0530. The number of amides is 2. The molecule has 0 aromatic heterocycles. The van der Waals surface area contributed by atoms with Crippen molar-refractivity contribution in [2.45, 2.75) is 18.9 Å². The Hall–Kier alpha value is -2.03. The Balaban J connectivity index is 1.30. The number of nitrogens with zero attached hydrogens (tertiary/aromatic N) is 2. The third-order valence-corrected chi connectivity index (χ3v) is 5.65. The van der Waals surface area contributed by atoms with Crippen molar-refractivity contribution in [2.24, 2.45) is 11.8 Å². The van der Waals surface area contributed by atoms with E-state index in [-0.39, 0.29) is 36.4 Å². The van der Waals surface area contributed by atoms with Crippen molar-refractivity contribution in [3.05, 3.63) is 34.9 Å². The van der Waals surface area contributed by atoms with E-state index in [9.17, 15) is 9.59 Å². The molecule has 0 aliphatic carbocycles. The van der Waals surface area contributed by atoms with Crippen molar-refractivity contribution in [3.8, 4) is 11.8 Å². The van der Waals surface area contributed by atoms with Crippen LogP contribution < -0.4 is 0 Å². The number of hydrogen-bond acceptors (Lipinski definition) is 3. The van der Waals surface area contributed by atoms with Crippen LogP contribution in [0, 0.1) is 23.7 Å². The summed E-state index contributed by atoms with van der Waals surface area (Å²) in [6, 6.07) is 7.57. The van der Waals surface area contributed by atoms with Crippen LogP contribution in [-0.2, 0) is 9.53 Å². The van der Waals surface area contributed by atoms with Gasteiger partial charge < -0.3 is 14.5 Å². The third kappa shape index (κ3) is 3.58. The summed E-state index contributed by atoms with van der Waals surface area (Å²) >= 11 is 6.11. The summed E-state index contributed by atoms with van der Waals surface area (Å²) in [5.74, 6) is 6.78. The topological polar surface area (TPSA) is 49.9 Å². The number of hydrogen-bond donors (Lipinski definition) is 0. The van der Waals surface area contributed by atoms with Crippen LogP contribution in [0.4, 0.5) is 4.79 Å². The highest BCUT2D eigenvalue weighted by Crippen LogP contribution is 2.28. The first-order valence-corrected chi connectivity index (χ1v) is 9.41. The molecule has 136 valence electrons. The number of carbonyl (C=O) groups is 2. The van der Waals surface area contributed by atoms with E-state index < -0.39 is 0 Å². The lowest BCUT2D eigenvalue weighted by molar-refractivity contribution is -0.140. The lowest BCUT2D eigenvalue weighted by Gasteiger charge is -2.45. The molecule has 6 heteroatoms. The van der Waals surface area contributed by atoms with Crippen molar-refractivity contribution in [2.75, 3.05) is 32.8 Å². The molecule has 0 unspecified atom stereocenters. The molecule has 0 N–H and O–H groups in total. The normalized spacial score (nSPS) is 25.8. The molecule has 1 aromatic carbocycles. The zero-order valence-electron chi connectivity index (χ0n) is 14.5. The molecule has 2 amide bonds. The molecule has 3 aliphatic rings. The van der Waals surface area contributed by atoms with Gasteiger partial charge in [-0.25, -0.2) is 4.79 Å². The van der Waals surface area contributed by atoms with Crippen molar-refractivity contribution in [1.29, 1.82) is 0 Å². The minimum absolute atomic E-state index is 0.0530. The zero-order valence-corrected chi connectivity index (χ0v) is 15.2. The molecule has 2 atom stereocenters. The number of Topliss-reactive ketones (excluding diaryl/α,β-unsaturated/α-hetero) is 1. The number of rotatable bonds is 0. The predicted molar refractivity (Wildman–Crippen MR) is 97.8 cm³/mol. The number of fused-ring (bicyclic) bond motifs is 1. The first-order valence-electron chi connectivity index (χ1n) is 9.03. The Morgan fingerprint density at radius 2 is 2.00 bits per heavy atom. The average Bonchev–Trinajstić information content (AvgIpc) is 2.61. The summed E-state index contributed by atoms with van der Waals surface area (Å²) in [6.07, 6.45) is 1.47. The smallest absolute Gasteiger partial charge is 0.320 e. The number of benzene rings is 1. The number of carbonyl (C=O) groups excluding carboxylic acids is 2. The Labute approximate surface area is 158 Å². The molecule has 26 heavy (non-hydrogen) atoms. The highest BCUT2D eigenvalue weighted by molar-refractivity contribution is 6.31. The lowest BCUT2D eigenvalue weighted by atomic mass is 9.88. The summed E-state index contributed by atoms with van der Waals surface area (Å²) in [5.41, 5.74) is 0.822. The number of urea groups is 1. The number of likely N-dealkylation sites (tertiary alicyclic amines) is 2. The number of ether oxygens (including phenoxy) is 1. The fraction of sp³-hybridized carbons (Fsp3) is 0.500. The molecule has 0 spiro atoms. The van der Waals surface area contributed by atoms with Crippen molar-refractivity contribution < 1.29 is 14.3 Å². The maximum absolute atomic E-state index is 12.7. The monoisotopic (exact) mass is 372 g/mol. The minimum Gasteiger partial charge on any atom is -0.370 e. The molecule has 3 saturated heterocycles. The summed E-state index contributed by atoms with van der Waals surface area (Å²) in [5, 5.41) is 0.652. The maximum Gasteiger partial charge on any atom is 0.320 e. The second-order valence-electron chi connectivity index (χ2n) is 7.22. The van der Waals surface area contributed by atoms with Gasteiger partial charge in [-0.05, 0) is 18.6 Å². The van der Waals surface area contributed by atoms with Gasteiger partial charge >= 0.3 is 6.03 Å². The van der Waals surface area contributed by atoms with Crippen LogP contribution >= 0.6 is 11.6 Å². The van der Waals surface area contributed by atoms with Crippen molar-refractivity contribution in [1.82, 2.24) is 9.80 Å². The van der Waals surface area contributed by atoms with Crippen LogP contribution in [0.3, 0.4) is 0 Å². The SMILES string of the molecule is O=C1CO[C@H]2CCN(C(=O)N3CC(C#Cc4ccccc4Cl)C3)C[C@H]2C1. The first kappa shape index (κ1) is 17.4. The highest BCUT2D eigenvalue weighted by Gasteiger charge is 2.39. The molecule has 3 heterocycles. The van der Waals surface area contributed by atoms with E-state index in [0.717, 1.165) is 12.0 Å². The first-order chi connectivity index (χ1) is 12.6. The van der Waals surface area contributed by atoms with Gasteiger partial charge in [-0.15, -0.1) is 0 Å². The quantitative estimate of drug-likeness (QED) is 0.657. The number of piperidine rings is 1. The fourth-order valence-electron chi connectivity index (χ4n) is 3.82. The van der Waals surface area contributed by atoms with Crippen molar-refractivity contribution >= 4 is 23.4 Å². The van der Waals surface area contributed by atoms with E-state index >= 15 is 0 Å². The number of ketones is 1. The van der Waals surface area contributed by atoms with E-state index in [4.69, 9.17) is 16.3 Å².